The van der Waals surface area contributed by atoms with Crippen LogP contribution in [0.25, 0.3) is 10.8 Å². The largest absolute Gasteiger partial charge is 0.507 e. The van der Waals surface area contributed by atoms with Gasteiger partial charge in [-0.2, -0.15) is 0 Å². The summed E-state index contributed by atoms with van der Waals surface area (Å²) in [5.74, 6) is 0.291. The number of phenolic OH excluding ortho intramolecular Hbond substituents is 1. The fraction of sp³-hybridized carbons (Fsp3) is 0.231. The number of rotatable bonds is 3. The average molecular weight is 253 g/mol. The van der Waals surface area contributed by atoms with Crippen LogP contribution >= 0.6 is 12.4 Å². The van der Waals surface area contributed by atoms with E-state index in [-0.39, 0.29) is 18.4 Å². The first-order chi connectivity index (χ1) is 7.74. The molecule has 3 nitrogen and oxygen atoms in total. The highest BCUT2D eigenvalue weighted by Crippen LogP contribution is 2.30. The molecule has 2 rings (SSSR count). The van der Waals surface area contributed by atoms with Gasteiger partial charge in [-0.25, -0.2) is 0 Å². The first-order valence-electron chi connectivity index (χ1n) is 5.40. The maximum absolute atomic E-state index is 9.74. The number of halogens is 1. The van der Waals surface area contributed by atoms with Gasteiger partial charge in [0, 0.05) is 11.4 Å². The average Bonchev–Trinajstić information content (AvgIpc) is 2.30. The maximum Gasteiger partial charge on any atom is 0.123 e. The van der Waals surface area contributed by atoms with Crippen molar-refractivity contribution in [3.05, 3.63) is 42.0 Å². The number of hydrogen-bond acceptors (Lipinski definition) is 3. The predicted octanol–water partition coefficient (Wildman–Crippen LogP) is 2.32. The first kappa shape index (κ1) is 13.8. The summed E-state index contributed by atoms with van der Waals surface area (Å²) in [6.45, 7) is 0.566. The third-order valence-electron chi connectivity index (χ3n) is 2.81. The zero-order chi connectivity index (χ0) is 11.5. The Labute approximate surface area is 107 Å². The van der Waals surface area contributed by atoms with Gasteiger partial charge in [-0.1, -0.05) is 30.3 Å². The van der Waals surface area contributed by atoms with E-state index < -0.39 is 0 Å². The summed E-state index contributed by atoms with van der Waals surface area (Å²) >= 11 is 0. The molecule has 0 aliphatic heterocycles. The highest BCUT2D eigenvalue weighted by Gasteiger charge is 2.10. The summed E-state index contributed by atoms with van der Waals surface area (Å²) in [5.41, 5.74) is 12.6. The van der Waals surface area contributed by atoms with Crippen molar-refractivity contribution in [2.45, 2.75) is 12.5 Å². The Hall–Kier alpha value is -1.29. The van der Waals surface area contributed by atoms with Gasteiger partial charge in [-0.05, 0) is 30.0 Å². The lowest BCUT2D eigenvalue weighted by molar-refractivity contribution is 0.481. The van der Waals surface area contributed by atoms with Crippen LogP contribution in [0, 0.1) is 0 Å². The number of nitrogens with two attached hydrogens (primary N) is 2. The Balaban J connectivity index is 0.00000144. The SMILES string of the molecule is Cl.NCC[C@H](N)c1ccc(O)c2ccccc12. The highest BCUT2D eigenvalue weighted by molar-refractivity contribution is 5.91. The molecule has 0 fully saturated rings. The van der Waals surface area contributed by atoms with Crippen molar-refractivity contribution in [2.75, 3.05) is 6.54 Å². The zero-order valence-corrected chi connectivity index (χ0v) is 10.3. The molecule has 0 aliphatic carbocycles. The minimum absolute atomic E-state index is 0. The fourth-order valence-corrected chi connectivity index (χ4v) is 1.96. The van der Waals surface area contributed by atoms with Crippen molar-refractivity contribution in [2.24, 2.45) is 11.5 Å². The molecule has 5 N–H and O–H groups in total. The van der Waals surface area contributed by atoms with Crippen LogP contribution in [0.2, 0.25) is 0 Å². The van der Waals surface area contributed by atoms with Crippen LogP contribution in [-0.2, 0) is 0 Å². The highest BCUT2D eigenvalue weighted by atomic mass is 35.5. The topological polar surface area (TPSA) is 72.3 Å². The smallest absolute Gasteiger partial charge is 0.123 e. The van der Waals surface area contributed by atoms with E-state index in [1.807, 2.05) is 30.3 Å². The van der Waals surface area contributed by atoms with E-state index in [1.54, 1.807) is 6.07 Å². The molecule has 0 unspecified atom stereocenters. The summed E-state index contributed by atoms with van der Waals surface area (Å²) in [5, 5.41) is 11.6. The Kier molecular flexibility index (Phi) is 4.75. The van der Waals surface area contributed by atoms with Crippen LogP contribution in [0.4, 0.5) is 0 Å². The fourth-order valence-electron chi connectivity index (χ4n) is 1.96. The van der Waals surface area contributed by atoms with Crippen molar-refractivity contribution in [1.82, 2.24) is 0 Å². The van der Waals surface area contributed by atoms with Crippen molar-refractivity contribution >= 4 is 23.2 Å². The van der Waals surface area contributed by atoms with Gasteiger partial charge in [-0.3, -0.25) is 0 Å². The van der Waals surface area contributed by atoms with Crippen molar-refractivity contribution in [3.8, 4) is 5.75 Å². The van der Waals surface area contributed by atoms with E-state index in [0.717, 1.165) is 22.8 Å². The Morgan fingerprint density at radius 3 is 2.35 bits per heavy atom. The maximum atomic E-state index is 9.74. The Morgan fingerprint density at radius 2 is 1.71 bits per heavy atom. The molecule has 0 saturated heterocycles. The van der Waals surface area contributed by atoms with Crippen LogP contribution in [0.3, 0.4) is 0 Å². The number of fused-ring (bicyclic) bond motifs is 1. The summed E-state index contributed by atoms with van der Waals surface area (Å²) in [7, 11) is 0. The normalized spacial score (nSPS) is 12.1. The first-order valence-corrected chi connectivity index (χ1v) is 5.40. The van der Waals surface area contributed by atoms with Gasteiger partial charge in [0.25, 0.3) is 0 Å². The van der Waals surface area contributed by atoms with Crippen LogP contribution in [0.1, 0.15) is 18.0 Å². The van der Waals surface area contributed by atoms with Crippen LogP contribution in [0.5, 0.6) is 5.75 Å². The Morgan fingerprint density at radius 1 is 1.06 bits per heavy atom. The van der Waals surface area contributed by atoms with Gasteiger partial charge in [0.15, 0.2) is 0 Å². The molecule has 0 aromatic heterocycles. The lowest BCUT2D eigenvalue weighted by Crippen LogP contribution is -2.15. The van der Waals surface area contributed by atoms with Crippen LogP contribution in [-0.4, -0.2) is 11.7 Å². The minimum atomic E-state index is -0.0736. The third-order valence-corrected chi connectivity index (χ3v) is 2.81. The standard InChI is InChI=1S/C13H16N2O.ClH/c14-8-7-12(15)10-5-6-13(16)11-4-2-1-3-9(10)11;/h1-6,12,16H,7-8,14-15H2;1H/t12-;/m0./s1. The second kappa shape index (κ2) is 5.87. The predicted molar refractivity (Wildman–Crippen MR) is 73.5 cm³/mol. The summed E-state index contributed by atoms with van der Waals surface area (Å²) in [6, 6.07) is 11.2. The molecular weight excluding hydrogens is 236 g/mol. The molecule has 2 aromatic rings. The monoisotopic (exact) mass is 252 g/mol. The van der Waals surface area contributed by atoms with Gasteiger partial charge < -0.3 is 16.6 Å². The number of benzene rings is 2. The van der Waals surface area contributed by atoms with Gasteiger partial charge in [0.2, 0.25) is 0 Å². The molecule has 0 radical (unpaired) electrons. The van der Waals surface area contributed by atoms with E-state index >= 15 is 0 Å². The van der Waals surface area contributed by atoms with Crippen molar-refractivity contribution in [1.29, 1.82) is 0 Å². The zero-order valence-electron chi connectivity index (χ0n) is 9.47. The Bertz CT molecular complexity index is 502. The van der Waals surface area contributed by atoms with E-state index in [4.69, 9.17) is 11.5 Å². The van der Waals surface area contributed by atoms with Gasteiger partial charge in [0.1, 0.15) is 5.75 Å². The third kappa shape index (κ3) is 2.69. The summed E-state index contributed by atoms with van der Waals surface area (Å²) in [6.07, 6.45) is 0.745. The molecule has 2 aromatic carbocycles. The van der Waals surface area contributed by atoms with Crippen LogP contribution < -0.4 is 11.5 Å². The quantitative estimate of drug-likeness (QED) is 0.785. The van der Waals surface area contributed by atoms with E-state index in [9.17, 15) is 5.11 Å². The number of aromatic hydroxyl groups is 1. The lowest BCUT2D eigenvalue weighted by Gasteiger charge is -2.14. The second-order valence-electron chi connectivity index (χ2n) is 3.90. The van der Waals surface area contributed by atoms with Crippen LogP contribution in [0.15, 0.2) is 36.4 Å². The molecule has 0 heterocycles. The molecule has 92 valence electrons. The summed E-state index contributed by atoms with van der Waals surface area (Å²) in [4.78, 5) is 0. The molecule has 0 amide bonds. The second-order valence-corrected chi connectivity index (χ2v) is 3.90. The molecule has 1 atom stereocenters. The van der Waals surface area contributed by atoms with E-state index in [2.05, 4.69) is 0 Å². The minimum Gasteiger partial charge on any atom is -0.507 e. The van der Waals surface area contributed by atoms with E-state index in [1.165, 1.54) is 0 Å². The molecule has 17 heavy (non-hydrogen) atoms. The summed E-state index contributed by atoms with van der Waals surface area (Å²) < 4.78 is 0. The molecule has 4 heteroatoms. The van der Waals surface area contributed by atoms with Crippen molar-refractivity contribution < 1.29 is 5.11 Å². The van der Waals surface area contributed by atoms with Gasteiger partial charge in [-0.15, -0.1) is 12.4 Å². The molecule has 0 bridgehead atoms. The van der Waals surface area contributed by atoms with Crippen molar-refractivity contribution in [3.63, 3.8) is 0 Å². The van der Waals surface area contributed by atoms with Gasteiger partial charge >= 0.3 is 0 Å². The van der Waals surface area contributed by atoms with Gasteiger partial charge in [0.05, 0.1) is 0 Å². The number of hydrogen-bond donors (Lipinski definition) is 3. The molecule has 0 aliphatic rings. The molecule has 0 spiro atoms. The molecule has 0 saturated carbocycles. The van der Waals surface area contributed by atoms with E-state index in [0.29, 0.717) is 12.3 Å². The number of phenols is 1. The lowest BCUT2D eigenvalue weighted by atomic mass is 9.97. The molecular formula is C13H17ClN2O.